The number of amides is 2. The molecule has 7 nitrogen and oxygen atoms in total. The van der Waals surface area contributed by atoms with E-state index >= 15 is 0 Å². The van der Waals surface area contributed by atoms with Gasteiger partial charge in [0.1, 0.15) is 5.54 Å². The highest BCUT2D eigenvalue weighted by Gasteiger charge is 2.36. The number of hydrogen-bond donors (Lipinski definition) is 3. The van der Waals surface area contributed by atoms with E-state index < -0.39 is 23.5 Å². The molecule has 0 spiro atoms. The highest BCUT2D eigenvalue weighted by molar-refractivity contribution is 6.42. The summed E-state index contributed by atoms with van der Waals surface area (Å²) < 4.78 is 0. The molecule has 9 heteroatoms. The Bertz CT molecular complexity index is 899. The van der Waals surface area contributed by atoms with E-state index in [9.17, 15) is 14.4 Å². The molecule has 1 fully saturated rings. The van der Waals surface area contributed by atoms with Crippen LogP contribution < -0.4 is 10.6 Å². The number of likely N-dealkylation sites (tertiary alicyclic amines) is 1. The molecule has 2 atom stereocenters. The number of benzene rings is 1. The second-order valence-electron chi connectivity index (χ2n) is 6.95. The zero-order chi connectivity index (χ0) is 20.5. The number of anilines is 1. The molecular weight excluding hydrogens is 405 g/mol. The van der Waals surface area contributed by atoms with Gasteiger partial charge in [0.25, 0.3) is 0 Å². The number of ketones is 1. The number of nitrogens with one attached hydrogen (secondary N) is 2. The number of rotatable bonds is 4. The Hall–Kier alpha value is -2.51. The van der Waals surface area contributed by atoms with Gasteiger partial charge in [-0.15, -0.1) is 0 Å². The average molecular weight is 424 g/mol. The monoisotopic (exact) mass is 423 g/mol. The Balaban J connectivity index is 1.64. The molecule has 0 radical (unpaired) electrons. The number of aliphatic carboxylic acids is 1. The van der Waals surface area contributed by atoms with E-state index in [0.29, 0.717) is 40.9 Å². The van der Waals surface area contributed by atoms with Crippen LogP contribution in [0.4, 0.5) is 10.5 Å². The van der Waals surface area contributed by atoms with Crippen molar-refractivity contribution in [2.75, 3.05) is 18.4 Å². The average Bonchev–Trinajstić information content (AvgIpc) is 3.11. The lowest BCUT2D eigenvalue weighted by Crippen LogP contribution is -2.52. The summed E-state index contributed by atoms with van der Waals surface area (Å²) in [5.41, 5.74) is -0.121. The van der Waals surface area contributed by atoms with E-state index in [0.717, 1.165) is 0 Å². The fourth-order valence-corrected chi connectivity index (χ4v) is 3.43. The van der Waals surface area contributed by atoms with Gasteiger partial charge < -0.3 is 20.6 Å². The van der Waals surface area contributed by atoms with E-state index in [1.165, 1.54) is 12.1 Å². The van der Waals surface area contributed by atoms with Crippen molar-refractivity contribution in [1.82, 2.24) is 10.2 Å². The lowest BCUT2D eigenvalue weighted by Gasteiger charge is -2.30. The van der Waals surface area contributed by atoms with Crippen LogP contribution in [0.5, 0.6) is 0 Å². The number of allylic oxidation sites excluding steroid dienone is 1. The topological polar surface area (TPSA) is 98.7 Å². The molecule has 3 rings (SSSR count). The maximum atomic E-state index is 12.6. The summed E-state index contributed by atoms with van der Waals surface area (Å²) in [6, 6.07) is 4.10. The number of hydrogen-bond acceptors (Lipinski definition) is 4. The molecule has 148 valence electrons. The predicted molar refractivity (Wildman–Crippen MR) is 107 cm³/mol. The van der Waals surface area contributed by atoms with Crippen molar-refractivity contribution in [2.24, 2.45) is 5.92 Å². The number of carboxylic acids is 1. The van der Waals surface area contributed by atoms with Gasteiger partial charge in [-0.05, 0) is 43.7 Å². The van der Waals surface area contributed by atoms with Crippen molar-refractivity contribution in [1.29, 1.82) is 0 Å². The minimum atomic E-state index is -1.21. The summed E-state index contributed by atoms with van der Waals surface area (Å²) in [5, 5.41) is 15.0. The fourth-order valence-electron chi connectivity index (χ4n) is 3.13. The van der Waals surface area contributed by atoms with Crippen molar-refractivity contribution in [3.63, 3.8) is 0 Å². The summed E-state index contributed by atoms with van der Waals surface area (Å²) in [6.45, 7) is 2.53. The van der Waals surface area contributed by atoms with Crippen LogP contribution in [-0.4, -0.2) is 46.4 Å². The Labute approximate surface area is 172 Å². The van der Waals surface area contributed by atoms with Crippen molar-refractivity contribution < 1.29 is 19.5 Å². The number of halogens is 2. The predicted octanol–water partition coefficient (Wildman–Crippen LogP) is 3.30. The highest BCUT2D eigenvalue weighted by atomic mass is 35.5. The maximum Gasteiger partial charge on any atom is 0.320 e. The zero-order valence-corrected chi connectivity index (χ0v) is 16.5. The van der Waals surface area contributed by atoms with Gasteiger partial charge in [0, 0.05) is 30.5 Å². The third-order valence-corrected chi connectivity index (χ3v) is 5.57. The number of urea groups is 1. The van der Waals surface area contributed by atoms with Crippen molar-refractivity contribution >= 4 is 46.7 Å². The first-order chi connectivity index (χ1) is 13.2. The zero-order valence-electron chi connectivity index (χ0n) is 15.0. The minimum Gasteiger partial charge on any atom is -0.481 e. The smallest absolute Gasteiger partial charge is 0.320 e. The van der Waals surface area contributed by atoms with Crippen LogP contribution in [-0.2, 0) is 9.59 Å². The van der Waals surface area contributed by atoms with Crippen molar-refractivity contribution in [2.45, 2.75) is 18.9 Å². The molecule has 1 aromatic carbocycles. The summed E-state index contributed by atoms with van der Waals surface area (Å²) in [5.74, 6) is -1.57. The number of carboxylic acid groups (broad SMARTS) is 1. The van der Waals surface area contributed by atoms with E-state index in [2.05, 4.69) is 10.6 Å². The molecule has 2 unspecified atom stereocenters. The van der Waals surface area contributed by atoms with Crippen molar-refractivity contribution in [3.05, 3.63) is 52.2 Å². The molecule has 1 aromatic rings. The molecule has 0 aromatic heterocycles. The van der Waals surface area contributed by atoms with Crippen LogP contribution in [0, 0.1) is 5.92 Å². The summed E-state index contributed by atoms with van der Waals surface area (Å²) in [7, 11) is 0. The highest BCUT2D eigenvalue weighted by Crippen LogP contribution is 2.27. The lowest BCUT2D eigenvalue weighted by molar-refractivity contribution is -0.141. The summed E-state index contributed by atoms with van der Waals surface area (Å²) in [6.07, 6.45) is 5.30. The summed E-state index contributed by atoms with van der Waals surface area (Å²) >= 11 is 11.8. The first-order valence-corrected chi connectivity index (χ1v) is 9.41. The van der Waals surface area contributed by atoms with Gasteiger partial charge in [0.05, 0.1) is 16.0 Å². The Kier molecular flexibility index (Phi) is 5.67. The normalized spacial score (nSPS) is 24.1. The molecule has 2 aliphatic rings. The van der Waals surface area contributed by atoms with Crippen LogP contribution in [0.15, 0.2) is 42.1 Å². The van der Waals surface area contributed by atoms with E-state index in [1.807, 2.05) is 4.90 Å². The SMILES string of the molecule is CC1(NC(=O)Nc2ccc(Cl)c(Cl)c2)C=CC(N2CCC(C(=O)O)C2)=CC1=O. The van der Waals surface area contributed by atoms with Gasteiger partial charge >= 0.3 is 12.0 Å². The Morgan fingerprint density at radius 2 is 2.04 bits per heavy atom. The molecule has 28 heavy (non-hydrogen) atoms. The molecule has 2 amide bonds. The number of carbonyl (C=O) groups excluding carboxylic acids is 2. The van der Waals surface area contributed by atoms with Crippen LogP contribution in [0.3, 0.4) is 0 Å². The largest absolute Gasteiger partial charge is 0.481 e. The second-order valence-corrected chi connectivity index (χ2v) is 7.76. The second kappa shape index (κ2) is 7.85. The first-order valence-electron chi connectivity index (χ1n) is 8.65. The number of nitrogens with zero attached hydrogens (tertiary/aromatic N) is 1. The molecule has 1 aliphatic carbocycles. The van der Waals surface area contributed by atoms with Crippen LogP contribution in [0.1, 0.15) is 13.3 Å². The third kappa shape index (κ3) is 4.31. The van der Waals surface area contributed by atoms with Gasteiger partial charge in [-0.2, -0.15) is 0 Å². The van der Waals surface area contributed by atoms with E-state index in [-0.39, 0.29) is 5.78 Å². The van der Waals surface area contributed by atoms with Gasteiger partial charge in [-0.1, -0.05) is 23.2 Å². The summed E-state index contributed by atoms with van der Waals surface area (Å²) in [4.78, 5) is 37.9. The maximum absolute atomic E-state index is 12.6. The van der Waals surface area contributed by atoms with Gasteiger partial charge in [-0.3, -0.25) is 9.59 Å². The van der Waals surface area contributed by atoms with E-state index in [1.54, 1.807) is 31.2 Å². The van der Waals surface area contributed by atoms with E-state index in [4.69, 9.17) is 28.3 Å². The van der Waals surface area contributed by atoms with Crippen LogP contribution >= 0.6 is 23.2 Å². The molecule has 0 saturated carbocycles. The Morgan fingerprint density at radius 1 is 1.29 bits per heavy atom. The Morgan fingerprint density at radius 3 is 2.64 bits per heavy atom. The quantitative estimate of drug-likeness (QED) is 0.689. The van der Waals surface area contributed by atoms with Crippen LogP contribution in [0.2, 0.25) is 10.0 Å². The number of carbonyl (C=O) groups is 3. The molecule has 0 bridgehead atoms. The molecule has 1 saturated heterocycles. The minimum absolute atomic E-state index is 0.298. The molecular formula is C19H19Cl2N3O4. The standard InChI is InChI=1S/C19H19Cl2N3O4/c1-19(23-18(28)22-12-2-3-14(20)15(21)8-12)6-4-13(9-16(19)25)24-7-5-11(10-24)17(26)27/h2-4,6,8-9,11H,5,7,10H2,1H3,(H,26,27)(H2,22,23,28). The van der Waals surface area contributed by atoms with Gasteiger partial charge in [0.2, 0.25) is 0 Å². The molecule has 3 N–H and O–H groups in total. The van der Waals surface area contributed by atoms with Gasteiger partial charge in [-0.25, -0.2) is 4.79 Å². The third-order valence-electron chi connectivity index (χ3n) is 4.83. The van der Waals surface area contributed by atoms with Crippen LogP contribution in [0.25, 0.3) is 0 Å². The van der Waals surface area contributed by atoms with Gasteiger partial charge in [0.15, 0.2) is 5.78 Å². The first kappa shape index (κ1) is 20.2. The lowest BCUT2D eigenvalue weighted by atomic mass is 9.90. The molecule has 1 aliphatic heterocycles. The molecule has 1 heterocycles. The van der Waals surface area contributed by atoms with Crippen molar-refractivity contribution in [3.8, 4) is 0 Å². The fraction of sp³-hybridized carbons (Fsp3) is 0.316.